The predicted molar refractivity (Wildman–Crippen MR) is 97.3 cm³/mol. The van der Waals surface area contributed by atoms with Crippen LogP contribution in [0, 0.1) is 0 Å². The number of hydrogen-bond acceptors (Lipinski definition) is 2. The van der Waals surface area contributed by atoms with Gasteiger partial charge in [0.25, 0.3) is 0 Å². The summed E-state index contributed by atoms with van der Waals surface area (Å²) in [5.74, 6) is 0.855. The summed E-state index contributed by atoms with van der Waals surface area (Å²) >= 11 is 0. The first-order chi connectivity index (χ1) is 11.8. The minimum absolute atomic E-state index is 0.711. The predicted octanol–water partition coefficient (Wildman–Crippen LogP) is 1.93. The van der Waals surface area contributed by atoms with Crippen molar-refractivity contribution in [3.8, 4) is 0 Å². The molecule has 0 unspecified atom stereocenters. The van der Waals surface area contributed by atoms with Gasteiger partial charge in [0.1, 0.15) is 5.65 Å². The Balaban J connectivity index is 1.51. The number of imidazole rings is 1. The molecule has 6 heteroatoms. The fraction of sp³-hybridized carbons (Fsp3) is 0.333. The van der Waals surface area contributed by atoms with Gasteiger partial charge in [-0.25, -0.2) is 4.98 Å². The zero-order valence-corrected chi connectivity index (χ0v) is 14.0. The van der Waals surface area contributed by atoms with Crippen LogP contribution in [0.2, 0.25) is 0 Å². The Morgan fingerprint density at radius 3 is 2.75 bits per heavy atom. The number of pyridine rings is 1. The summed E-state index contributed by atoms with van der Waals surface area (Å²) in [7, 11) is 0. The molecule has 0 fully saturated rings. The van der Waals surface area contributed by atoms with Crippen LogP contribution in [0.5, 0.6) is 0 Å². The summed E-state index contributed by atoms with van der Waals surface area (Å²) in [6, 6.07) is 10.1. The largest absolute Gasteiger partial charge is 0.357 e. The molecule has 0 aliphatic carbocycles. The number of nitrogens with one attached hydrogen (secondary N) is 2. The van der Waals surface area contributed by atoms with Crippen molar-refractivity contribution >= 4 is 11.6 Å². The average molecular weight is 324 g/mol. The zero-order chi connectivity index (χ0) is 16.6. The topological polar surface area (TPSA) is 58.6 Å². The summed E-state index contributed by atoms with van der Waals surface area (Å²) in [5.41, 5.74) is 2.04. The Morgan fingerprint density at radius 1 is 1.12 bits per heavy atom. The van der Waals surface area contributed by atoms with Gasteiger partial charge in [0, 0.05) is 57.4 Å². The molecule has 3 aromatic rings. The minimum Gasteiger partial charge on any atom is -0.357 e. The van der Waals surface area contributed by atoms with Crippen LogP contribution in [-0.4, -0.2) is 39.5 Å². The molecule has 0 spiro atoms. The highest BCUT2D eigenvalue weighted by Gasteiger charge is 2.01. The van der Waals surface area contributed by atoms with Crippen molar-refractivity contribution in [3.63, 3.8) is 0 Å². The number of fused-ring (bicyclic) bond motifs is 1. The van der Waals surface area contributed by atoms with E-state index in [0.717, 1.165) is 43.4 Å². The number of nitrogens with zero attached hydrogens (tertiary/aromatic N) is 4. The Labute approximate surface area is 142 Å². The Bertz CT molecular complexity index is 739. The lowest BCUT2D eigenvalue weighted by Crippen LogP contribution is -2.39. The normalized spacial score (nSPS) is 11.8. The van der Waals surface area contributed by atoms with Gasteiger partial charge in [-0.1, -0.05) is 6.07 Å². The van der Waals surface area contributed by atoms with Gasteiger partial charge in [0.2, 0.25) is 0 Å². The van der Waals surface area contributed by atoms with Crippen molar-refractivity contribution < 1.29 is 0 Å². The van der Waals surface area contributed by atoms with Crippen LogP contribution in [0.25, 0.3) is 5.65 Å². The molecule has 3 rings (SSSR count). The molecular weight excluding hydrogens is 300 g/mol. The number of rotatable bonds is 7. The van der Waals surface area contributed by atoms with Gasteiger partial charge in [-0.2, -0.15) is 0 Å². The molecule has 2 N–H and O–H groups in total. The van der Waals surface area contributed by atoms with E-state index in [-0.39, 0.29) is 0 Å². The summed E-state index contributed by atoms with van der Waals surface area (Å²) in [6.07, 6.45) is 9.04. The maximum absolute atomic E-state index is 4.63. The highest BCUT2D eigenvalue weighted by Crippen LogP contribution is 2.05. The smallest absolute Gasteiger partial charge is 0.191 e. The molecular formula is C18H24N6. The molecule has 3 aromatic heterocycles. The molecule has 0 bridgehead atoms. The van der Waals surface area contributed by atoms with E-state index in [1.807, 2.05) is 40.9 Å². The van der Waals surface area contributed by atoms with E-state index >= 15 is 0 Å². The highest BCUT2D eigenvalue weighted by molar-refractivity contribution is 5.79. The van der Waals surface area contributed by atoms with Gasteiger partial charge >= 0.3 is 0 Å². The monoisotopic (exact) mass is 324 g/mol. The van der Waals surface area contributed by atoms with Crippen molar-refractivity contribution in [1.82, 2.24) is 24.6 Å². The standard InChI is InChI=1S/C18H24N6/c1-2-19-18(21-10-14-23-11-5-6-12-23)20-9-8-16-15-24-13-4-3-7-17(24)22-16/h3-7,11-13,15H,2,8-10,14H2,1H3,(H2,19,20,21). The Hall–Kier alpha value is -2.76. The van der Waals surface area contributed by atoms with Crippen LogP contribution in [-0.2, 0) is 13.0 Å². The second-order valence-electron chi connectivity index (χ2n) is 5.56. The molecule has 0 saturated heterocycles. The first-order valence-corrected chi connectivity index (χ1v) is 8.40. The summed E-state index contributed by atoms with van der Waals surface area (Å²) < 4.78 is 4.19. The fourth-order valence-electron chi connectivity index (χ4n) is 2.55. The van der Waals surface area contributed by atoms with Crippen molar-refractivity contribution in [3.05, 3.63) is 60.8 Å². The average Bonchev–Trinajstić information content (AvgIpc) is 3.23. The van der Waals surface area contributed by atoms with Gasteiger partial charge in [-0.15, -0.1) is 0 Å². The van der Waals surface area contributed by atoms with E-state index in [4.69, 9.17) is 0 Å². The fourth-order valence-corrected chi connectivity index (χ4v) is 2.55. The second kappa shape index (κ2) is 8.19. The maximum Gasteiger partial charge on any atom is 0.191 e. The summed E-state index contributed by atoms with van der Waals surface area (Å²) in [6.45, 7) is 5.40. The molecule has 6 nitrogen and oxygen atoms in total. The lowest BCUT2D eigenvalue weighted by Gasteiger charge is -2.11. The number of aliphatic imine (C=N–C) groups is 1. The van der Waals surface area contributed by atoms with Gasteiger partial charge < -0.3 is 19.6 Å². The van der Waals surface area contributed by atoms with E-state index in [9.17, 15) is 0 Å². The van der Waals surface area contributed by atoms with Crippen LogP contribution in [0.1, 0.15) is 12.6 Å². The molecule has 3 heterocycles. The molecule has 0 aliphatic heterocycles. The number of aromatic nitrogens is 3. The highest BCUT2D eigenvalue weighted by atomic mass is 15.2. The van der Waals surface area contributed by atoms with Gasteiger partial charge in [-0.05, 0) is 31.2 Å². The summed E-state index contributed by atoms with van der Waals surface area (Å²) in [5, 5.41) is 6.64. The molecule has 24 heavy (non-hydrogen) atoms. The van der Waals surface area contributed by atoms with E-state index in [0.29, 0.717) is 6.54 Å². The SMILES string of the molecule is CCNC(=NCCc1cn2ccccc2n1)NCCn1cccc1. The van der Waals surface area contributed by atoms with Crippen molar-refractivity contribution in [2.24, 2.45) is 4.99 Å². The third kappa shape index (κ3) is 4.38. The van der Waals surface area contributed by atoms with Crippen LogP contribution >= 0.6 is 0 Å². The van der Waals surface area contributed by atoms with Gasteiger partial charge in [0.15, 0.2) is 5.96 Å². The quantitative estimate of drug-likeness (QED) is 0.516. The number of guanidine groups is 1. The van der Waals surface area contributed by atoms with E-state index < -0.39 is 0 Å². The van der Waals surface area contributed by atoms with Crippen LogP contribution in [0.4, 0.5) is 0 Å². The second-order valence-corrected chi connectivity index (χ2v) is 5.56. The molecule has 0 saturated carbocycles. The minimum atomic E-state index is 0.711. The third-order valence-corrected chi connectivity index (χ3v) is 3.72. The molecule has 0 aliphatic rings. The molecule has 126 valence electrons. The maximum atomic E-state index is 4.63. The molecule has 0 radical (unpaired) electrons. The lowest BCUT2D eigenvalue weighted by molar-refractivity contribution is 0.665. The Morgan fingerprint density at radius 2 is 1.96 bits per heavy atom. The molecule has 0 atom stereocenters. The molecule has 0 aromatic carbocycles. The van der Waals surface area contributed by atoms with Crippen molar-refractivity contribution in [1.29, 1.82) is 0 Å². The third-order valence-electron chi connectivity index (χ3n) is 3.72. The molecule has 0 amide bonds. The lowest BCUT2D eigenvalue weighted by atomic mass is 10.3. The summed E-state index contributed by atoms with van der Waals surface area (Å²) in [4.78, 5) is 9.23. The van der Waals surface area contributed by atoms with Gasteiger partial charge in [0.05, 0.1) is 5.69 Å². The van der Waals surface area contributed by atoms with Crippen LogP contribution < -0.4 is 10.6 Å². The van der Waals surface area contributed by atoms with Gasteiger partial charge in [-0.3, -0.25) is 4.99 Å². The number of hydrogen-bond donors (Lipinski definition) is 2. The van der Waals surface area contributed by atoms with Crippen LogP contribution in [0.15, 0.2) is 60.1 Å². The van der Waals surface area contributed by atoms with E-state index in [1.165, 1.54) is 0 Å². The van der Waals surface area contributed by atoms with E-state index in [2.05, 4.69) is 50.7 Å². The first-order valence-electron chi connectivity index (χ1n) is 8.40. The van der Waals surface area contributed by atoms with Crippen molar-refractivity contribution in [2.45, 2.75) is 19.9 Å². The van der Waals surface area contributed by atoms with Crippen molar-refractivity contribution in [2.75, 3.05) is 19.6 Å². The zero-order valence-electron chi connectivity index (χ0n) is 14.0. The Kier molecular flexibility index (Phi) is 5.50. The first kappa shape index (κ1) is 16.1. The van der Waals surface area contributed by atoms with E-state index in [1.54, 1.807) is 0 Å². The van der Waals surface area contributed by atoms with Crippen LogP contribution in [0.3, 0.4) is 0 Å².